The molecule has 1 saturated heterocycles. The molecule has 2 atom stereocenters. The van der Waals surface area contributed by atoms with E-state index in [4.69, 9.17) is 10.3 Å². The molecule has 1 aliphatic rings. The van der Waals surface area contributed by atoms with Gasteiger partial charge in [0.1, 0.15) is 0 Å². The number of hydrogen-bond donors (Lipinski definition) is 4. The largest absolute Gasteiger partial charge is 0.413 e. The fraction of sp³-hybridized carbons (Fsp3) is 0.833. The normalized spacial score (nSPS) is 27.5. The molecule has 0 bridgehead atoms. The summed E-state index contributed by atoms with van der Waals surface area (Å²) in [7, 11) is -4.48. The zero-order valence-electron chi connectivity index (χ0n) is 7.84. The molecule has 8 nitrogen and oxygen atoms in total. The molecule has 0 aromatic rings. The van der Waals surface area contributed by atoms with Crippen LogP contribution in [0.3, 0.4) is 0 Å². The number of hydroxylamine groups is 1. The van der Waals surface area contributed by atoms with Crippen molar-refractivity contribution in [2.45, 2.75) is 24.9 Å². The Labute approximate surface area is 87.1 Å². The van der Waals surface area contributed by atoms with Crippen molar-refractivity contribution in [3.63, 3.8) is 0 Å². The maximum atomic E-state index is 10.8. The van der Waals surface area contributed by atoms with E-state index in [1.165, 1.54) is 0 Å². The van der Waals surface area contributed by atoms with E-state index in [0.717, 1.165) is 0 Å². The smallest absolute Gasteiger partial charge is 0.368 e. The topological polar surface area (TPSA) is 131 Å². The van der Waals surface area contributed by atoms with Crippen molar-refractivity contribution >= 4 is 16.3 Å². The molecule has 5 N–H and O–H groups in total. The summed E-state index contributed by atoms with van der Waals surface area (Å²) >= 11 is 0. The van der Waals surface area contributed by atoms with Gasteiger partial charge < -0.3 is 11.1 Å². The highest BCUT2D eigenvalue weighted by atomic mass is 32.3. The van der Waals surface area contributed by atoms with Crippen LogP contribution in [-0.2, 0) is 19.5 Å². The van der Waals surface area contributed by atoms with E-state index in [9.17, 15) is 13.2 Å². The molecule has 1 amide bonds. The highest BCUT2D eigenvalue weighted by Gasteiger charge is 2.24. The van der Waals surface area contributed by atoms with E-state index in [2.05, 4.69) is 15.1 Å². The van der Waals surface area contributed by atoms with Crippen LogP contribution in [0.1, 0.15) is 12.8 Å². The molecule has 1 fully saturated rings. The predicted molar refractivity (Wildman–Crippen MR) is 49.8 cm³/mol. The summed E-state index contributed by atoms with van der Waals surface area (Å²) in [5.41, 5.74) is 7.24. The second-order valence-electron chi connectivity index (χ2n) is 3.27. The Morgan fingerprint density at radius 1 is 1.53 bits per heavy atom. The van der Waals surface area contributed by atoms with Crippen LogP contribution in [0.25, 0.3) is 0 Å². The summed E-state index contributed by atoms with van der Waals surface area (Å²) in [6.07, 6.45) is 1.01. The van der Waals surface area contributed by atoms with Crippen molar-refractivity contribution in [1.82, 2.24) is 10.8 Å². The Balaban J connectivity index is 2.29. The molecule has 0 aliphatic carbocycles. The molecule has 1 unspecified atom stereocenters. The molecule has 88 valence electrons. The average Bonchev–Trinajstić information content (AvgIpc) is 2.14. The fourth-order valence-electron chi connectivity index (χ4n) is 1.33. The zero-order valence-corrected chi connectivity index (χ0v) is 8.66. The summed E-state index contributed by atoms with van der Waals surface area (Å²) in [6, 6.07) is -0.684. The van der Waals surface area contributed by atoms with Gasteiger partial charge in [-0.25, -0.2) is 0 Å². The van der Waals surface area contributed by atoms with E-state index in [1.807, 2.05) is 0 Å². The number of piperidine rings is 1. The minimum Gasteiger partial charge on any atom is -0.368 e. The summed E-state index contributed by atoms with van der Waals surface area (Å²) in [5, 5.41) is 2.81. The monoisotopic (exact) mass is 239 g/mol. The molecule has 1 heterocycles. The van der Waals surface area contributed by atoms with Gasteiger partial charge in [0.15, 0.2) is 0 Å². The van der Waals surface area contributed by atoms with Crippen molar-refractivity contribution in [3.8, 4) is 0 Å². The van der Waals surface area contributed by atoms with Crippen LogP contribution in [0, 0.1) is 0 Å². The summed E-state index contributed by atoms with van der Waals surface area (Å²) in [6.45, 7) is 0.336. The van der Waals surface area contributed by atoms with E-state index in [-0.39, 0.29) is 6.04 Å². The number of nitrogens with two attached hydrogens (primary N) is 1. The van der Waals surface area contributed by atoms with Crippen molar-refractivity contribution in [2.75, 3.05) is 6.54 Å². The fourth-order valence-corrected chi connectivity index (χ4v) is 1.59. The third-order valence-electron chi connectivity index (χ3n) is 2.08. The lowest BCUT2D eigenvalue weighted by molar-refractivity contribution is -0.120. The summed E-state index contributed by atoms with van der Waals surface area (Å²) in [4.78, 5) is 10.8. The standard InChI is InChI=1S/C6H13N3O5S/c7-6(10)5-2-1-4(3-8-5)9-14-15(11,12)13/h4-5,8-9H,1-3H2,(H2,7,10)(H,11,12,13)/t4?,5-/m0/s1. The van der Waals surface area contributed by atoms with Gasteiger partial charge in [0, 0.05) is 12.6 Å². The Morgan fingerprint density at radius 3 is 2.60 bits per heavy atom. The quantitative estimate of drug-likeness (QED) is 0.327. The molecule has 1 rings (SSSR count). The lowest BCUT2D eigenvalue weighted by Crippen LogP contribution is -2.52. The number of rotatable bonds is 4. The van der Waals surface area contributed by atoms with E-state index in [0.29, 0.717) is 19.4 Å². The molecule has 0 aromatic carbocycles. The first-order chi connectivity index (χ1) is 6.88. The molecule has 0 radical (unpaired) electrons. The van der Waals surface area contributed by atoms with E-state index >= 15 is 0 Å². The van der Waals surface area contributed by atoms with Crippen LogP contribution in [-0.4, -0.2) is 37.5 Å². The number of nitrogens with one attached hydrogen (secondary N) is 2. The van der Waals surface area contributed by atoms with Gasteiger partial charge in [-0.3, -0.25) is 9.35 Å². The highest BCUT2D eigenvalue weighted by Crippen LogP contribution is 2.07. The minimum atomic E-state index is -4.48. The lowest BCUT2D eigenvalue weighted by atomic mass is 10.0. The van der Waals surface area contributed by atoms with Gasteiger partial charge in [-0.05, 0) is 12.8 Å². The number of amides is 1. The van der Waals surface area contributed by atoms with Gasteiger partial charge in [-0.2, -0.15) is 18.2 Å². The minimum absolute atomic E-state index is 0.289. The number of primary amides is 1. The van der Waals surface area contributed by atoms with Gasteiger partial charge in [0.05, 0.1) is 6.04 Å². The Hall–Kier alpha value is -0.740. The Bertz CT molecular complexity index is 322. The Morgan fingerprint density at radius 2 is 2.20 bits per heavy atom. The lowest BCUT2D eigenvalue weighted by Gasteiger charge is -2.27. The Kier molecular flexibility index (Phi) is 3.99. The predicted octanol–water partition coefficient (Wildman–Crippen LogP) is -2.08. The van der Waals surface area contributed by atoms with E-state index in [1.54, 1.807) is 0 Å². The summed E-state index contributed by atoms with van der Waals surface area (Å²) in [5.74, 6) is -0.441. The number of carbonyl (C=O) groups excluding carboxylic acids is 1. The molecule has 0 spiro atoms. The second-order valence-corrected chi connectivity index (χ2v) is 4.29. The van der Waals surface area contributed by atoms with Gasteiger partial charge in [-0.15, -0.1) is 0 Å². The molecule has 15 heavy (non-hydrogen) atoms. The van der Waals surface area contributed by atoms with Crippen LogP contribution in [0.5, 0.6) is 0 Å². The number of carbonyl (C=O) groups is 1. The van der Waals surface area contributed by atoms with Gasteiger partial charge in [-0.1, -0.05) is 0 Å². The first-order valence-electron chi connectivity index (χ1n) is 4.32. The van der Waals surface area contributed by atoms with Crippen molar-refractivity contribution in [3.05, 3.63) is 0 Å². The molecular formula is C6H13N3O5S. The van der Waals surface area contributed by atoms with Crippen LogP contribution < -0.4 is 16.5 Å². The SMILES string of the molecule is NC(=O)[C@@H]1CCC(NOS(=O)(=O)O)CN1. The van der Waals surface area contributed by atoms with Crippen molar-refractivity contribution in [2.24, 2.45) is 5.73 Å². The third-order valence-corrected chi connectivity index (χ3v) is 2.38. The maximum Gasteiger partial charge on any atom is 0.413 e. The molecule has 9 heteroatoms. The molecule has 0 saturated carbocycles. The van der Waals surface area contributed by atoms with Crippen LogP contribution in [0.15, 0.2) is 0 Å². The third kappa shape index (κ3) is 4.53. The summed E-state index contributed by atoms with van der Waals surface area (Å²) < 4.78 is 32.7. The van der Waals surface area contributed by atoms with Gasteiger partial charge >= 0.3 is 10.4 Å². The highest BCUT2D eigenvalue weighted by molar-refractivity contribution is 7.80. The van der Waals surface area contributed by atoms with Crippen LogP contribution >= 0.6 is 0 Å². The number of hydrogen-bond acceptors (Lipinski definition) is 6. The first kappa shape index (κ1) is 12.3. The average molecular weight is 239 g/mol. The maximum absolute atomic E-state index is 10.8. The van der Waals surface area contributed by atoms with Crippen molar-refractivity contribution in [1.29, 1.82) is 0 Å². The molecule has 0 aromatic heterocycles. The molecular weight excluding hydrogens is 226 g/mol. The molecule has 1 aliphatic heterocycles. The van der Waals surface area contributed by atoms with Crippen LogP contribution in [0.4, 0.5) is 0 Å². The van der Waals surface area contributed by atoms with Gasteiger partial charge in [0.2, 0.25) is 5.91 Å². The van der Waals surface area contributed by atoms with Crippen LogP contribution in [0.2, 0.25) is 0 Å². The zero-order chi connectivity index (χ0) is 11.5. The van der Waals surface area contributed by atoms with Gasteiger partial charge in [0.25, 0.3) is 0 Å². The first-order valence-corrected chi connectivity index (χ1v) is 5.69. The second kappa shape index (κ2) is 4.86. The van der Waals surface area contributed by atoms with Crippen molar-refractivity contribution < 1.29 is 22.0 Å². The van der Waals surface area contributed by atoms with E-state index < -0.39 is 22.3 Å².